The Kier molecular flexibility index (Phi) is 7.38. The van der Waals surface area contributed by atoms with Crippen molar-refractivity contribution >= 4 is 24.3 Å². The van der Waals surface area contributed by atoms with Gasteiger partial charge in [-0.25, -0.2) is 4.98 Å². The second kappa shape index (κ2) is 9.53. The Morgan fingerprint density at radius 3 is 2.41 bits per heavy atom. The number of hydrogen-bond acceptors (Lipinski definition) is 6. The molecule has 1 aliphatic heterocycles. The fourth-order valence-corrected chi connectivity index (χ4v) is 2.96. The standard InChI is InChI=1S/C19H25N5O2.ClH/c1-3-26-17-12-14(2)21-19(22-17)24-10-8-23(9-11-24)18(25)16-6-4-15(13-20)5-7-16;/h4-7,12H,3,8-11,13,20H2,1-2H3;1H. The molecule has 146 valence electrons. The van der Waals surface area contributed by atoms with Crippen LogP contribution in [0.25, 0.3) is 0 Å². The molecule has 1 aromatic carbocycles. The molecule has 2 aromatic rings. The van der Waals surface area contributed by atoms with Gasteiger partial charge in [-0.1, -0.05) is 12.1 Å². The molecule has 1 saturated heterocycles. The fraction of sp³-hybridized carbons (Fsp3) is 0.421. The van der Waals surface area contributed by atoms with Gasteiger partial charge in [-0.3, -0.25) is 4.79 Å². The van der Waals surface area contributed by atoms with E-state index in [0.29, 0.717) is 56.7 Å². The number of carbonyl (C=O) groups is 1. The normalized spacial score (nSPS) is 13.9. The van der Waals surface area contributed by atoms with Gasteiger partial charge in [0.2, 0.25) is 11.8 Å². The number of benzene rings is 1. The van der Waals surface area contributed by atoms with Gasteiger partial charge in [0, 0.05) is 50.0 Å². The van der Waals surface area contributed by atoms with Crippen LogP contribution in [-0.2, 0) is 6.54 Å². The topological polar surface area (TPSA) is 84.6 Å². The molecule has 2 heterocycles. The molecule has 1 aromatic heterocycles. The van der Waals surface area contributed by atoms with E-state index in [1.807, 2.05) is 49.1 Å². The molecule has 0 saturated carbocycles. The lowest BCUT2D eigenvalue weighted by molar-refractivity contribution is 0.0746. The maximum absolute atomic E-state index is 12.7. The van der Waals surface area contributed by atoms with E-state index >= 15 is 0 Å². The summed E-state index contributed by atoms with van der Waals surface area (Å²) in [6.07, 6.45) is 0. The highest BCUT2D eigenvalue weighted by Crippen LogP contribution is 2.18. The van der Waals surface area contributed by atoms with E-state index in [1.165, 1.54) is 0 Å². The number of nitrogens with two attached hydrogens (primary N) is 1. The van der Waals surface area contributed by atoms with Crippen LogP contribution in [0.4, 0.5) is 5.95 Å². The van der Waals surface area contributed by atoms with Crippen LogP contribution in [0.3, 0.4) is 0 Å². The number of amides is 1. The van der Waals surface area contributed by atoms with Gasteiger partial charge in [0.05, 0.1) is 6.61 Å². The van der Waals surface area contributed by atoms with Crippen LogP contribution < -0.4 is 15.4 Å². The molecule has 8 heteroatoms. The predicted molar refractivity (Wildman–Crippen MR) is 108 cm³/mol. The molecule has 0 aliphatic carbocycles. The highest BCUT2D eigenvalue weighted by molar-refractivity contribution is 5.94. The number of ether oxygens (including phenoxy) is 1. The van der Waals surface area contributed by atoms with E-state index in [9.17, 15) is 4.79 Å². The highest BCUT2D eigenvalue weighted by atomic mass is 35.5. The van der Waals surface area contributed by atoms with Crippen LogP contribution in [0, 0.1) is 6.92 Å². The Morgan fingerprint density at radius 2 is 1.81 bits per heavy atom. The van der Waals surface area contributed by atoms with Gasteiger partial charge < -0.3 is 20.3 Å². The number of carbonyl (C=O) groups excluding carboxylic acids is 1. The Hall–Kier alpha value is -2.38. The number of piperazine rings is 1. The number of aromatic nitrogens is 2. The van der Waals surface area contributed by atoms with E-state index in [2.05, 4.69) is 14.9 Å². The second-order valence-corrected chi connectivity index (χ2v) is 6.26. The van der Waals surface area contributed by atoms with Crippen LogP contribution in [-0.4, -0.2) is 53.6 Å². The smallest absolute Gasteiger partial charge is 0.253 e. The van der Waals surface area contributed by atoms with E-state index in [-0.39, 0.29) is 18.3 Å². The number of halogens is 1. The monoisotopic (exact) mass is 391 g/mol. The average Bonchev–Trinajstić information content (AvgIpc) is 2.67. The third kappa shape index (κ3) is 5.08. The minimum absolute atomic E-state index is 0. The summed E-state index contributed by atoms with van der Waals surface area (Å²) in [5, 5.41) is 0. The number of hydrogen-bond donors (Lipinski definition) is 1. The Balaban J connectivity index is 0.00000261. The van der Waals surface area contributed by atoms with Crippen molar-refractivity contribution in [3.8, 4) is 5.88 Å². The van der Waals surface area contributed by atoms with Crippen molar-refractivity contribution in [2.75, 3.05) is 37.7 Å². The first-order chi connectivity index (χ1) is 12.6. The number of aryl methyl sites for hydroxylation is 1. The Labute approximate surface area is 165 Å². The lowest BCUT2D eigenvalue weighted by Gasteiger charge is -2.35. The molecule has 0 radical (unpaired) electrons. The molecular formula is C19H26ClN5O2. The molecule has 1 amide bonds. The van der Waals surface area contributed by atoms with Gasteiger partial charge in [0.25, 0.3) is 5.91 Å². The van der Waals surface area contributed by atoms with Crippen LogP contribution in [0.15, 0.2) is 30.3 Å². The number of rotatable bonds is 5. The highest BCUT2D eigenvalue weighted by Gasteiger charge is 2.24. The fourth-order valence-electron chi connectivity index (χ4n) is 2.96. The quantitative estimate of drug-likeness (QED) is 0.839. The lowest BCUT2D eigenvalue weighted by Crippen LogP contribution is -2.49. The molecule has 7 nitrogen and oxygen atoms in total. The minimum atomic E-state index is 0. The summed E-state index contributed by atoms with van der Waals surface area (Å²) in [5.74, 6) is 1.30. The minimum Gasteiger partial charge on any atom is -0.478 e. The maximum Gasteiger partial charge on any atom is 0.253 e. The molecule has 0 unspecified atom stereocenters. The summed E-state index contributed by atoms with van der Waals surface area (Å²) in [7, 11) is 0. The summed E-state index contributed by atoms with van der Waals surface area (Å²) >= 11 is 0. The predicted octanol–water partition coefficient (Wildman–Crippen LogP) is 2.03. The Morgan fingerprint density at radius 1 is 1.15 bits per heavy atom. The van der Waals surface area contributed by atoms with Crippen molar-refractivity contribution in [1.29, 1.82) is 0 Å². The molecule has 27 heavy (non-hydrogen) atoms. The van der Waals surface area contributed by atoms with Crippen molar-refractivity contribution in [1.82, 2.24) is 14.9 Å². The molecule has 0 spiro atoms. The van der Waals surface area contributed by atoms with Gasteiger partial charge >= 0.3 is 0 Å². The van der Waals surface area contributed by atoms with Gasteiger partial charge in [-0.15, -0.1) is 12.4 Å². The number of nitrogens with zero attached hydrogens (tertiary/aromatic N) is 4. The van der Waals surface area contributed by atoms with E-state index in [0.717, 1.165) is 11.3 Å². The first-order valence-corrected chi connectivity index (χ1v) is 8.92. The zero-order valence-electron chi connectivity index (χ0n) is 15.7. The van der Waals surface area contributed by atoms with Crippen molar-refractivity contribution in [2.45, 2.75) is 20.4 Å². The summed E-state index contributed by atoms with van der Waals surface area (Å²) in [6, 6.07) is 9.32. The van der Waals surface area contributed by atoms with Gasteiger partial charge in [0.1, 0.15) is 0 Å². The van der Waals surface area contributed by atoms with Gasteiger partial charge in [0.15, 0.2) is 0 Å². The molecular weight excluding hydrogens is 366 g/mol. The van der Waals surface area contributed by atoms with Crippen molar-refractivity contribution in [3.05, 3.63) is 47.2 Å². The van der Waals surface area contributed by atoms with E-state index in [4.69, 9.17) is 10.5 Å². The summed E-state index contributed by atoms with van der Waals surface area (Å²) < 4.78 is 5.50. The zero-order chi connectivity index (χ0) is 18.5. The van der Waals surface area contributed by atoms with Crippen molar-refractivity contribution < 1.29 is 9.53 Å². The number of anilines is 1. The maximum atomic E-state index is 12.7. The molecule has 1 aliphatic rings. The molecule has 2 N–H and O–H groups in total. The zero-order valence-corrected chi connectivity index (χ0v) is 16.5. The van der Waals surface area contributed by atoms with E-state index in [1.54, 1.807) is 0 Å². The summed E-state index contributed by atoms with van der Waals surface area (Å²) in [6.45, 7) is 7.58. The van der Waals surface area contributed by atoms with Crippen LogP contribution in [0.1, 0.15) is 28.5 Å². The van der Waals surface area contributed by atoms with Crippen LogP contribution in [0.5, 0.6) is 5.88 Å². The molecule has 0 atom stereocenters. The van der Waals surface area contributed by atoms with Gasteiger partial charge in [-0.2, -0.15) is 4.98 Å². The average molecular weight is 392 g/mol. The van der Waals surface area contributed by atoms with Crippen LogP contribution in [0.2, 0.25) is 0 Å². The first-order valence-electron chi connectivity index (χ1n) is 8.92. The van der Waals surface area contributed by atoms with E-state index < -0.39 is 0 Å². The first kappa shape index (κ1) is 20.9. The summed E-state index contributed by atoms with van der Waals surface area (Å²) in [5.41, 5.74) is 8.20. The van der Waals surface area contributed by atoms with Crippen LogP contribution >= 0.6 is 12.4 Å². The molecule has 1 fully saturated rings. The lowest BCUT2D eigenvalue weighted by atomic mass is 10.1. The molecule has 3 rings (SSSR count). The SMILES string of the molecule is CCOc1cc(C)nc(N2CCN(C(=O)c3ccc(CN)cc3)CC2)n1.Cl. The second-order valence-electron chi connectivity index (χ2n) is 6.26. The third-order valence-corrected chi connectivity index (χ3v) is 4.40. The summed E-state index contributed by atoms with van der Waals surface area (Å²) in [4.78, 5) is 25.6. The van der Waals surface area contributed by atoms with Crippen molar-refractivity contribution in [3.63, 3.8) is 0 Å². The van der Waals surface area contributed by atoms with Gasteiger partial charge in [-0.05, 0) is 31.5 Å². The third-order valence-electron chi connectivity index (χ3n) is 4.40. The molecule has 0 bridgehead atoms. The Bertz CT molecular complexity index is 761. The largest absolute Gasteiger partial charge is 0.478 e. The van der Waals surface area contributed by atoms with Crippen molar-refractivity contribution in [2.24, 2.45) is 5.73 Å².